The highest BCUT2D eigenvalue weighted by Gasteiger charge is 2.28. The van der Waals surface area contributed by atoms with Gasteiger partial charge in [-0.3, -0.25) is 4.79 Å². The number of piperidine rings is 2. The monoisotopic (exact) mass is 252 g/mol. The molecule has 0 bridgehead atoms. The number of carbonyl (C=O) groups is 1. The summed E-state index contributed by atoms with van der Waals surface area (Å²) in [7, 11) is 0. The average Bonchev–Trinajstić information content (AvgIpc) is 2.37. The van der Waals surface area contributed by atoms with E-state index < -0.39 is 0 Å². The van der Waals surface area contributed by atoms with Crippen molar-refractivity contribution in [2.45, 2.75) is 70.9 Å². The van der Waals surface area contributed by atoms with Crippen molar-refractivity contribution in [2.75, 3.05) is 19.6 Å². The summed E-state index contributed by atoms with van der Waals surface area (Å²) in [6, 6.07) is 0.894. The lowest BCUT2D eigenvalue weighted by molar-refractivity contribution is -0.137. The minimum Gasteiger partial charge on any atom is -0.337 e. The van der Waals surface area contributed by atoms with E-state index in [1.807, 2.05) is 0 Å². The fourth-order valence-corrected chi connectivity index (χ4v) is 3.48. The standard InChI is InChI=1S/C15H28N2O/c1-13-7-6-8-14(2)17(13)15(18)9-12-16-10-4-3-5-11-16/h13-14H,3-12H2,1-2H3. The molecule has 0 aromatic heterocycles. The normalized spacial score (nSPS) is 30.4. The van der Waals surface area contributed by atoms with Crippen molar-refractivity contribution in [2.24, 2.45) is 0 Å². The smallest absolute Gasteiger partial charge is 0.224 e. The number of hydrogen-bond acceptors (Lipinski definition) is 2. The Morgan fingerprint density at radius 2 is 1.61 bits per heavy atom. The molecule has 2 rings (SSSR count). The quantitative estimate of drug-likeness (QED) is 0.771. The van der Waals surface area contributed by atoms with Crippen molar-refractivity contribution in [3.05, 3.63) is 0 Å². The van der Waals surface area contributed by atoms with Crippen molar-refractivity contribution in [1.29, 1.82) is 0 Å². The summed E-state index contributed by atoms with van der Waals surface area (Å²) in [5, 5.41) is 0. The highest BCUT2D eigenvalue weighted by Crippen LogP contribution is 2.23. The number of nitrogens with zero attached hydrogens (tertiary/aromatic N) is 2. The van der Waals surface area contributed by atoms with Crippen LogP contribution in [0, 0.1) is 0 Å². The largest absolute Gasteiger partial charge is 0.337 e. The Kier molecular flexibility index (Phi) is 5.04. The van der Waals surface area contributed by atoms with E-state index in [0.717, 1.165) is 6.54 Å². The molecule has 0 N–H and O–H groups in total. The SMILES string of the molecule is CC1CCCC(C)N1C(=O)CCN1CCCCC1. The summed E-state index contributed by atoms with van der Waals surface area (Å²) in [5.41, 5.74) is 0. The molecule has 18 heavy (non-hydrogen) atoms. The first-order chi connectivity index (χ1) is 8.68. The first kappa shape index (κ1) is 13.9. The molecule has 0 aromatic carbocycles. The fourth-order valence-electron chi connectivity index (χ4n) is 3.48. The topological polar surface area (TPSA) is 23.6 Å². The van der Waals surface area contributed by atoms with E-state index in [1.165, 1.54) is 51.6 Å². The minimum atomic E-state index is 0.375. The first-order valence-electron chi connectivity index (χ1n) is 7.72. The van der Waals surface area contributed by atoms with Crippen LogP contribution in [0.25, 0.3) is 0 Å². The third-order valence-corrected chi connectivity index (χ3v) is 4.57. The summed E-state index contributed by atoms with van der Waals surface area (Å²) in [6.07, 6.45) is 8.34. The van der Waals surface area contributed by atoms with Crippen LogP contribution in [0.5, 0.6) is 0 Å². The van der Waals surface area contributed by atoms with Crippen LogP contribution >= 0.6 is 0 Å². The van der Waals surface area contributed by atoms with Crippen molar-refractivity contribution in [3.63, 3.8) is 0 Å². The van der Waals surface area contributed by atoms with Crippen LogP contribution < -0.4 is 0 Å². The van der Waals surface area contributed by atoms with Crippen LogP contribution in [-0.2, 0) is 4.79 Å². The molecule has 0 aliphatic carbocycles. The molecule has 2 heterocycles. The van der Waals surface area contributed by atoms with Gasteiger partial charge in [0.15, 0.2) is 0 Å². The van der Waals surface area contributed by atoms with Crippen LogP contribution in [0.15, 0.2) is 0 Å². The van der Waals surface area contributed by atoms with Crippen LogP contribution in [-0.4, -0.2) is 47.4 Å². The van der Waals surface area contributed by atoms with Crippen LogP contribution in [0.4, 0.5) is 0 Å². The van der Waals surface area contributed by atoms with E-state index in [0.29, 0.717) is 24.4 Å². The lowest BCUT2D eigenvalue weighted by Crippen LogP contribution is -2.48. The molecule has 0 radical (unpaired) electrons. The van der Waals surface area contributed by atoms with Gasteiger partial charge in [0.25, 0.3) is 0 Å². The summed E-state index contributed by atoms with van der Waals surface area (Å²) >= 11 is 0. The summed E-state index contributed by atoms with van der Waals surface area (Å²) < 4.78 is 0. The summed E-state index contributed by atoms with van der Waals surface area (Å²) in [6.45, 7) is 7.76. The van der Waals surface area contributed by atoms with Crippen LogP contribution in [0.1, 0.15) is 58.8 Å². The molecule has 3 heteroatoms. The molecule has 2 aliphatic rings. The second-order valence-corrected chi connectivity index (χ2v) is 6.08. The molecule has 1 amide bonds. The van der Waals surface area contributed by atoms with E-state index in [4.69, 9.17) is 0 Å². The Bertz CT molecular complexity index is 264. The number of carbonyl (C=O) groups excluding carboxylic acids is 1. The van der Waals surface area contributed by atoms with Crippen molar-refractivity contribution in [1.82, 2.24) is 9.80 Å². The van der Waals surface area contributed by atoms with E-state index in [-0.39, 0.29) is 0 Å². The van der Waals surface area contributed by atoms with Gasteiger partial charge in [-0.25, -0.2) is 0 Å². The molecule has 3 nitrogen and oxygen atoms in total. The highest BCUT2D eigenvalue weighted by molar-refractivity contribution is 5.77. The van der Waals surface area contributed by atoms with Gasteiger partial charge in [-0.1, -0.05) is 6.42 Å². The Morgan fingerprint density at radius 3 is 2.22 bits per heavy atom. The van der Waals surface area contributed by atoms with Gasteiger partial charge in [-0.05, 0) is 59.0 Å². The predicted octanol–water partition coefficient (Wildman–Crippen LogP) is 2.65. The number of rotatable bonds is 3. The highest BCUT2D eigenvalue weighted by atomic mass is 16.2. The Balaban J connectivity index is 1.79. The Morgan fingerprint density at radius 1 is 1.00 bits per heavy atom. The maximum atomic E-state index is 12.4. The minimum absolute atomic E-state index is 0.375. The molecule has 2 fully saturated rings. The van der Waals surface area contributed by atoms with Gasteiger partial charge in [-0.15, -0.1) is 0 Å². The van der Waals surface area contributed by atoms with E-state index in [2.05, 4.69) is 23.6 Å². The van der Waals surface area contributed by atoms with Gasteiger partial charge in [0.2, 0.25) is 5.91 Å². The Labute approximate surface area is 112 Å². The summed E-state index contributed by atoms with van der Waals surface area (Å²) in [4.78, 5) is 17.0. The Hall–Kier alpha value is -0.570. The first-order valence-corrected chi connectivity index (χ1v) is 7.72. The van der Waals surface area contributed by atoms with Crippen molar-refractivity contribution < 1.29 is 4.79 Å². The molecular weight excluding hydrogens is 224 g/mol. The van der Waals surface area contributed by atoms with Crippen LogP contribution in [0.3, 0.4) is 0 Å². The lowest BCUT2D eigenvalue weighted by atomic mass is 9.97. The maximum Gasteiger partial charge on any atom is 0.224 e. The molecule has 0 saturated carbocycles. The zero-order valence-corrected chi connectivity index (χ0v) is 12.0. The maximum absolute atomic E-state index is 12.4. The fraction of sp³-hybridized carbons (Fsp3) is 0.933. The van der Waals surface area contributed by atoms with Crippen molar-refractivity contribution >= 4 is 5.91 Å². The lowest BCUT2D eigenvalue weighted by Gasteiger charge is -2.39. The van der Waals surface area contributed by atoms with Gasteiger partial charge in [-0.2, -0.15) is 0 Å². The van der Waals surface area contributed by atoms with Gasteiger partial charge >= 0.3 is 0 Å². The van der Waals surface area contributed by atoms with Gasteiger partial charge in [0.05, 0.1) is 0 Å². The van der Waals surface area contributed by atoms with Crippen LogP contribution in [0.2, 0.25) is 0 Å². The molecular formula is C15H28N2O. The average molecular weight is 252 g/mol. The predicted molar refractivity (Wildman–Crippen MR) is 74.5 cm³/mol. The number of likely N-dealkylation sites (tertiary alicyclic amines) is 2. The molecule has 104 valence electrons. The van der Waals surface area contributed by atoms with Crippen molar-refractivity contribution in [3.8, 4) is 0 Å². The molecule has 0 spiro atoms. The summed E-state index contributed by atoms with van der Waals surface area (Å²) in [5.74, 6) is 0.375. The molecule has 2 aliphatic heterocycles. The number of amides is 1. The van der Waals surface area contributed by atoms with E-state index >= 15 is 0 Å². The van der Waals surface area contributed by atoms with E-state index in [9.17, 15) is 4.79 Å². The third-order valence-electron chi connectivity index (χ3n) is 4.57. The molecule has 2 atom stereocenters. The van der Waals surface area contributed by atoms with E-state index in [1.54, 1.807) is 0 Å². The zero-order valence-electron chi connectivity index (χ0n) is 12.0. The zero-order chi connectivity index (χ0) is 13.0. The molecule has 2 unspecified atom stereocenters. The van der Waals surface area contributed by atoms with Gasteiger partial charge in [0, 0.05) is 25.0 Å². The third kappa shape index (κ3) is 3.47. The second kappa shape index (κ2) is 6.55. The van der Waals surface area contributed by atoms with Gasteiger partial charge < -0.3 is 9.80 Å². The second-order valence-electron chi connectivity index (χ2n) is 6.08. The van der Waals surface area contributed by atoms with Gasteiger partial charge in [0.1, 0.15) is 0 Å². The number of hydrogen-bond donors (Lipinski definition) is 0. The molecule has 2 saturated heterocycles. The molecule has 0 aromatic rings.